The molecule has 1 nitrogen and oxygen atoms in total. The van der Waals surface area contributed by atoms with Gasteiger partial charge < -0.3 is 0 Å². The lowest BCUT2D eigenvalue weighted by Crippen LogP contribution is -2.16. The SMILES string of the molecule is CCc1c(F)c(F)nc(F)c1C(F)(F)F. The summed E-state index contributed by atoms with van der Waals surface area (Å²) < 4.78 is 74.8. The second-order valence-electron chi connectivity index (χ2n) is 2.71. The third-order valence-electron chi connectivity index (χ3n) is 1.79. The van der Waals surface area contributed by atoms with E-state index in [9.17, 15) is 26.3 Å². The maximum Gasteiger partial charge on any atom is 0.421 e. The number of hydrogen-bond donors (Lipinski definition) is 0. The first-order valence-electron chi connectivity index (χ1n) is 3.89. The lowest BCUT2D eigenvalue weighted by molar-refractivity contribution is -0.141. The van der Waals surface area contributed by atoms with Crippen LogP contribution in [-0.2, 0) is 12.6 Å². The topological polar surface area (TPSA) is 12.9 Å². The molecule has 15 heavy (non-hydrogen) atoms. The Balaban J connectivity index is 3.57. The first-order valence-corrected chi connectivity index (χ1v) is 3.89. The van der Waals surface area contributed by atoms with E-state index < -0.39 is 41.4 Å². The van der Waals surface area contributed by atoms with E-state index >= 15 is 0 Å². The van der Waals surface area contributed by atoms with Gasteiger partial charge in [0.15, 0.2) is 5.82 Å². The fourth-order valence-electron chi connectivity index (χ4n) is 1.17. The minimum Gasteiger partial charge on any atom is -0.202 e. The molecule has 1 rings (SSSR count). The summed E-state index contributed by atoms with van der Waals surface area (Å²) in [6, 6.07) is 0. The molecular weight excluding hydrogens is 224 g/mol. The van der Waals surface area contributed by atoms with Crippen molar-refractivity contribution in [2.45, 2.75) is 19.5 Å². The lowest BCUT2D eigenvalue weighted by Gasteiger charge is -2.12. The Morgan fingerprint density at radius 1 is 1.07 bits per heavy atom. The van der Waals surface area contributed by atoms with Gasteiger partial charge in [0.25, 0.3) is 5.95 Å². The predicted octanol–water partition coefficient (Wildman–Crippen LogP) is 3.08. The molecule has 0 saturated heterocycles. The molecule has 0 atom stereocenters. The quantitative estimate of drug-likeness (QED) is 0.532. The number of pyridine rings is 1. The molecule has 1 heterocycles. The Bertz CT molecular complexity index is 384. The van der Waals surface area contributed by atoms with Crippen molar-refractivity contribution in [3.8, 4) is 0 Å². The van der Waals surface area contributed by atoms with E-state index in [1.54, 1.807) is 0 Å². The molecule has 0 fully saturated rings. The number of aromatic nitrogens is 1. The molecule has 0 amide bonds. The summed E-state index contributed by atoms with van der Waals surface area (Å²) in [5, 5.41) is 0. The molecule has 0 N–H and O–H groups in total. The van der Waals surface area contributed by atoms with Crippen LogP contribution < -0.4 is 0 Å². The van der Waals surface area contributed by atoms with Crippen molar-refractivity contribution in [3.05, 3.63) is 28.8 Å². The summed E-state index contributed by atoms with van der Waals surface area (Å²) in [7, 11) is 0. The summed E-state index contributed by atoms with van der Waals surface area (Å²) >= 11 is 0. The molecule has 0 spiro atoms. The highest BCUT2D eigenvalue weighted by atomic mass is 19.4. The highest BCUT2D eigenvalue weighted by Crippen LogP contribution is 2.35. The van der Waals surface area contributed by atoms with Gasteiger partial charge in [0.1, 0.15) is 5.56 Å². The molecule has 1 aromatic rings. The first-order chi connectivity index (χ1) is 6.79. The molecule has 0 aliphatic rings. The van der Waals surface area contributed by atoms with Crippen LogP contribution in [0.3, 0.4) is 0 Å². The molecule has 0 bridgehead atoms. The van der Waals surface area contributed by atoms with Crippen LogP contribution in [0.5, 0.6) is 0 Å². The Kier molecular flexibility index (Phi) is 2.92. The Morgan fingerprint density at radius 2 is 1.60 bits per heavy atom. The fourth-order valence-corrected chi connectivity index (χ4v) is 1.17. The molecule has 84 valence electrons. The molecule has 1 aromatic heterocycles. The Hall–Kier alpha value is -1.27. The van der Waals surface area contributed by atoms with Gasteiger partial charge >= 0.3 is 6.18 Å². The predicted molar refractivity (Wildman–Crippen MR) is 38.5 cm³/mol. The molecule has 0 radical (unpaired) electrons. The fraction of sp³-hybridized carbons (Fsp3) is 0.375. The zero-order chi connectivity index (χ0) is 11.8. The van der Waals surface area contributed by atoms with Gasteiger partial charge in [0.05, 0.1) is 0 Å². The van der Waals surface area contributed by atoms with Crippen molar-refractivity contribution in [2.75, 3.05) is 0 Å². The molecule has 0 saturated carbocycles. The average Bonchev–Trinajstić information content (AvgIpc) is 2.08. The van der Waals surface area contributed by atoms with E-state index in [1.807, 2.05) is 0 Å². The second-order valence-corrected chi connectivity index (χ2v) is 2.71. The molecule has 0 aromatic carbocycles. The standard InChI is InChI=1S/C8H5F6N/c1-2-3-4(8(12,13)14)6(10)15-7(11)5(3)9/h2H2,1H3. The summed E-state index contributed by atoms with van der Waals surface area (Å²) in [5.74, 6) is -5.66. The summed E-state index contributed by atoms with van der Waals surface area (Å²) in [6.07, 6.45) is -5.56. The third-order valence-corrected chi connectivity index (χ3v) is 1.79. The Labute approximate surface area is 80.7 Å². The number of halogens is 6. The number of alkyl halides is 3. The van der Waals surface area contributed by atoms with Crippen LogP contribution in [-0.4, -0.2) is 4.98 Å². The molecular formula is C8H5F6N. The minimum absolute atomic E-state index is 0.475. The summed E-state index contributed by atoms with van der Waals surface area (Å²) in [4.78, 5) is 2.22. The highest BCUT2D eigenvalue weighted by molar-refractivity contribution is 5.29. The molecule has 0 aliphatic heterocycles. The molecule has 7 heteroatoms. The number of hydrogen-bond acceptors (Lipinski definition) is 1. The maximum atomic E-state index is 12.9. The van der Waals surface area contributed by atoms with E-state index in [2.05, 4.69) is 4.98 Å². The third kappa shape index (κ3) is 2.05. The smallest absolute Gasteiger partial charge is 0.202 e. The normalized spacial score (nSPS) is 11.9. The van der Waals surface area contributed by atoms with Crippen LogP contribution in [0.1, 0.15) is 18.1 Å². The van der Waals surface area contributed by atoms with E-state index in [0.29, 0.717) is 0 Å². The van der Waals surface area contributed by atoms with Crippen LogP contribution in [0.2, 0.25) is 0 Å². The average molecular weight is 229 g/mol. The van der Waals surface area contributed by atoms with Gasteiger partial charge in [-0.3, -0.25) is 0 Å². The number of rotatable bonds is 1. The summed E-state index contributed by atoms with van der Waals surface area (Å²) in [5.41, 5.74) is -2.89. The van der Waals surface area contributed by atoms with E-state index in [0.717, 1.165) is 6.92 Å². The van der Waals surface area contributed by atoms with Crippen LogP contribution in [0.25, 0.3) is 0 Å². The monoisotopic (exact) mass is 229 g/mol. The van der Waals surface area contributed by atoms with Crippen molar-refractivity contribution < 1.29 is 26.3 Å². The van der Waals surface area contributed by atoms with Crippen molar-refractivity contribution in [3.63, 3.8) is 0 Å². The summed E-state index contributed by atoms with van der Waals surface area (Å²) in [6.45, 7) is 1.16. The van der Waals surface area contributed by atoms with Crippen LogP contribution in [0.4, 0.5) is 26.3 Å². The van der Waals surface area contributed by atoms with Gasteiger partial charge in [-0.15, -0.1) is 0 Å². The van der Waals surface area contributed by atoms with Gasteiger partial charge in [0.2, 0.25) is 5.95 Å². The van der Waals surface area contributed by atoms with E-state index in [-0.39, 0.29) is 0 Å². The van der Waals surface area contributed by atoms with Crippen molar-refractivity contribution in [1.82, 2.24) is 4.98 Å². The van der Waals surface area contributed by atoms with Gasteiger partial charge in [-0.25, -0.2) is 4.39 Å². The first kappa shape index (κ1) is 11.8. The Morgan fingerprint density at radius 3 is 2.00 bits per heavy atom. The van der Waals surface area contributed by atoms with Crippen molar-refractivity contribution in [1.29, 1.82) is 0 Å². The van der Waals surface area contributed by atoms with Gasteiger partial charge in [0, 0.05) is 5.56 Å². The zero-order valence-corrected chi connectivity index (χ0v) is 7.42. The van der Waals surface area contributed by atoms with Crippen LogP contribution in [0.15, 0.2) is 0 Å². The maximum absolute atomic E-state index is 12.9. The lowest BCUT2D eigenvalue weighted by atomic mass is 10.1. The number of nitrogens with zero attached hydrogens (tertiary/aromatic N) is 1. The minimum atomic E-state index is -5.09. The van der Waals surface area contributed by atoms with Gasteiger partial charge in [-0.2, -0.15) is 26.9 Å². The van der Waals surface area contributed by atoms with Crippen molar-refractivity contribution >= 4 is 0 Å². The second kappa shape index (κ2) is 3.71. The van der Waals surface area contributed by atoms with E-state index in [1.165, 1.54) is 0 Å². The largest absolute Gasteiger partial charge is 0.421 e. The van der Waals surface area contributed by atoms with Crippen LogP contribution in [0, 0.1) is 17.7 Å². The zero-order valence-electron chi connectivity index (χ0n) is 7.42. The van der Waals surface area contributed by atoms with Crippen LogP contribution >= 0.6 is 0 Å². The molecule has 0 unspecified atom stereocenters. The highest BCUT2D eigenvalue weighted by Gasteiger charge is 2.39. The van der Waals surface area contributed by atoms with Crippen molar-refractivity contribution in [2.24, 2.45) is 0 Å². The van der Waals surface area contributed by atoms with Gasteiger partial charge in [-0.1, -0.05) is 6.92 Å². The van der Waals surface area contributed by atoms with Gasteiger partial charge in [-0.05, 0) is 6.42 Å². The van der Waals surface area contributed by atoms with E-state index in [4.69, 9.17) is 0 Å². The molecule has 0 aliphatic carbocycles.